The molecule has 0 amide bonds. The van der Waals surface area contributed by atoms with Gasteiger partial charge >= 0.3 is 29.6 Å². The van der Waals surface area contributed by atoms with Gasteiger partial charge in [0.25, 0.3) is 0 Å². The fourth-order valence-corrected chi connectivity index (χ4v) is 0.237. The zero-order chi connectivity index (χ0) is 6.41. The summed E-state index contributed by atoms with van der Waals surface area (Å²) in [5.41, 5.74) is 0. The quantitative estimate of drug-likeness (QED) is 0.227. The molecule has 0 saturated heterocycles. The van der Waals surface area contributed by atoms with Gasteiger partial charge in [-0.2, -0.15) is 5.26 Å². The van der Waals surface area contributed by atoms with Crippen molar-refractivity contribution >= 4 is 0 Å². The Morgan fingerprint density at radius 3 is 2.78 bits per heavy atom. The van der Waals surface area contributed by atoms with Crippen LogP contribution in [-0.4, -0.2) is 6.61 Å². The molecule has 0 fully saturated rings. The molecule has 44 valence electrons. The van der Waals surface area contributed by atoms with E-state index in [2.05, 4.69) is 4.74 Å². The predicted octanol–water partition coefficient (Wildman–Crippen LogP) is -3.25. The van der Waals surface area contributed by atoms with Crippen LogP contribution in [-0.2, 0) is 4.74 Å². The van der Waals surface area contributed by atoms with Crippen LogP contribution in [0.5, 0.6) is 0 Å². The van der Waals surface area contributed by atoms with Crippen molar-refractivity contribution in [1.82, 2.24) is 0 Å². The van der Waals surface area contributed by atoms with Crippen LogP contribution in [0, 0.1) is 11.3 Å². The topological polar surface area (TPSA) is 56.1 Å². The normalized spacial score (nSPS) is 9.11. The van der Waals surface area contributed by atoms with Crippen molar-refractivity contribution in [3.8, 4) is 6.07 Å². The van der Waals surface area contributed by atoms with E-state index in [0.717, 1.165) is 6.08 Å². The minimum atomic E-state index is -0.574. The summed E-state index contributed by atoms with van der Waals surface area (Å²) >= 11 is 0. The van der Waals surface area contributed by atoms with Crippen molar-refractivity contribution in [1.29, 1.82) is 5.26 Å². The summed E-state index contributed by atoms with van der Waals surface area (Å²) in [4.78, 5) is 0. The van der Waals surface area contributed by atoms with E-state index in [0.29, 0.717) is 6.61 Å². The molecule has 3 nitrogen and oxygen atoms in total. The molecule has 9 heavy (non-hydrogen) atoms. The average molecular weight is 135 g/mol. The molecule has 0 bridgehead atoms. The van der Waals surface area contributed by atoms with Gasteiger partial charge in [0.2, 0.25) is 0 Å². The minimum absolute atomic E-state index is 0. The molecule has 0 spiro atoms. The average Bonchev–Trinajstić information content (AvgIpc) is 1.68. The van der Waals surface area contributed by atoms with Crippen molar-refractivity contribution in [2.75, 3.05) is 6.61 Å². The number of nitriles is 1. The molecule has 0 aromatic heterocycles. The molecular formula is C5H6NNaO2. The smallest absolute Gasteiger partial charge is 0.613 e. The van der Waals surface area contributed by atoms with Crippen molar-refractivity contribution in [2.45, 2.75) is 6.92 Å². The maximum Gasteiger partial charge on any atom is 1.00 e. The molecule has 0 saturated carbocycles. The first-order valence-electron chi connectivity index (χ1n) is 2.20. The first-order valence-corrected chi connectivity index (χ1v) is 2.20. The van der Waals surface area contributed by atoms with Gasteiger partial charge in [-0.1, -0.05) is 6.92 Å². The molecule has 0 rings (SSSR count). The molecule has 0 radical (unpaired) electrons. The van der Waals surface area contributed by atoms with E-state index in [1.54, 1.807) is 13.0 Å². The SMILES string of the molecule is CCO/C([O-])=C\C#N.[Na+]. The van der Waals surface area contributed by atoms with Crippen LogP contribution >= 0.6 is 0 Å². The summed E-state index contributed by atoms with van der Waals surface area (Å²) in [5.74, 6) is -0.574. The van der Waals surface area contributed by atoms with Gasteiger partial charge in [-0.3, -0.25) is 0 Å². The van der Waals surface area contributed by atoms with Gasteiger partial charge in [0, 0.05) is 6.08 Å². The van der Waals surface area contributed by atoms with E-state index in [4.69, 9.17) is 5.26 Å². The van der Waals surface area contributed by atoms with Crippen LogP contribution in [0.25, 0.3) is 0 Å². The van der Waals surface area contributed by atoms with Crippen LogP contribution in [0.2, 0.25) is 0 Å². The number of rotatable bonds is 2. The number of nitrogens with zero attached hydrogens (tertiary/aromatic N) is 1. The Morgan fingerprint density at radius 2 is 2.44 bits per heavy atom. The third-order valence-corrected chi connectivity index (χ3v) is 0.469. The van der Waals surface area contributed by atoms with Crippen molar-refractivity contribution in [3.05, 3.63) is 12.0 Å². The summed E-state index contributed by atoms with van der Waals surface area (Å²) in [6.07, 6.45) is 0.823. The van der Waals surface area contributed by atoms with Crippen molar-refractivity contribution < 1.29 is 39.4 Å². The Labute approximate surface area is 76.2 Å². The van der Waals surface area contributed by atoms with Crippen LogP contribution in [0.4, 0.5) is 0 Å². The number of allylic oxidation sites excluding steroid dienone is 1. The second kappa shape index (κ2) is 7.83. The molecule has 0 aromatic rings. The molecule has 0 unspecified atom stereocenters. The molecule has 0 aliphatic heterocycles. The third kappa shape index (κ3) is 7.83. The largest absolute Gasteiger partial charge is 1.00 e. The van der Waals surface area contributed by atoms with Gasteiger partial charge in [0.15, 0.2) is 0 Å². The first kappa shape index (κ1) is 11.6. The third-order valence-electron chi connectivity index (χ3n) is 0.469. The van der Waals surface area contributed by atoms with Gasteiger partial charge in [-0.05, 0) is 6.61 Å². The van der Waals surface area contributed by atoms with E-state index in [-0.39, 0.29) is 29.6 Å². The van der Waals surface area contributed by atoms with Crippen LogP contribution in [0.1, 0.15) is 6.92 Å². The zero-order valence-electron chi connectivity index (χ0n) is 5.55. The summed E-state index contributed by atoms with van der Waals surface area (Å²) in [5, 5.41) is 18.0. The molecule has 4 heteroatoms. The Bertz CT molecular complexity index is 127. The number of hydrogen-bond acceptors (Lipinski definition) is 3. The summed E-state index contributed by atoms with van der Waals surface area (Å²) in [6, 6.07) is 1.55. The minimum Gasteiger partial charge on any atom is -0.613 e. The van der Waals surface area contributed by atoms with E-state index in [1.165, 1.54) is 0 Å². The standard InChI is InChI=1S/C5H7NO2.Na/c1-2-8-5(7)3-4-6;/h3,7H,2H2,1H3;/q;+1/p-1/b5-3-;. The Kier molecular flexibility index (Phi) is 10.1. The predicted molar refractivity (Wildman–Crippen MR) is 25.3 cm³/mol. The number of hydrogen-bond donors (Lipinski definition) is 0. The molecular weight excluding hydrogens is 129 g/mol. The van der Waals surface area contributed by atoms with Crippen molar-refractivity contribution in [3.63, 3.8) is 0 Å². The number of ether oxygens (including phenoxy) is 1. The van der Waals surface area contributed by atoms with E-state index >= 15 is 0 Å². The van der Waals surface area contributed by atoms with Crippen LogP contribution < -0.4 is 34.7 Å². The van der Waals surface area contributed by atoms with Crippen LogP contribution in [0.3, 0.4) is 0 Å². The summed E-state index contributed by atoms with van der Waals surface area (Å²) in [7, 11) is 0. The maximum absolute atomic E-state index is 10.1. The monoisotopic (exact) mass is 135 g/mol. The van der Waals surface area contributed by atoms with Gasteiger partial charge < -0.3 is 9.84 Å². The summed E-state index contributed by atoms with van der Waals surface area (Å²) in [6.45, 7) is 2.00. The second-order valence-electron chi connectivity index (χ2n) is 1.03. The Hall–Kier alpha value is -0.170. The van der Waals surface area contributed by atoms with E-state index in [9.17, 15) is 5.11 Å². The molecule has 0 heterocycles. The molecule has 0 N–H and O–H groups in total. The van der Waals surface area contributed by atoms with E-state index in [1.807, 2.05) is 0 Å². The Morgan fingerprint density at radius 1 is 1.89 bits per heavy atom. The first-order chi connectivity index (χ1) is 3.81. The molecule has 0 atom stereocenters. The van der Waals surface area contributed by atoms with Crippen molar-refractivity contribution in [2.24, 2.45) is 0 Å². The fourth-order valence-electron chi connectivity index (χ4n) is 0.237. The van der Waals surface area contributed by atoms with Gasteiger partial charge in [-0.25, -0.2) is 0 Å². The Balaban J connectivity index is 0. The van der Waals surface area contributed by atoms with Gasteiger partial charge in [0.1, 0.15) is 0 Å². The summed E-state index contributed by atoms with van der Waals surface area (Å²) < 4.78 is 4.37. The van der Waals surface area contributed by atoms with E-state index < -0.39 is 5.95 Å². The maximum atomic E-state index is 10.1. The van der Waals surface area contributed by atoms with Gasteiger partial charge in [0.05, 0.1) is 12.0 Å². The molecule has 0 aliphatic carbocycles. The molecule has 0 aromatic carbocycles. The fraction of sp³-hybridized carbons (Fsp3) is 0.400. The zero-order valence-corrected chi connectivity index (χ0v) is 7.55. The second-order valence-corrected chi connectivity index (χ2v) is 1.03. The van der Waals surface area contributed by atoms with Crippen LogP contribution in [0.15, 0.2) is 12.0 Å². The van der Waals surface area contributed by atoms with Gasteiger partial charge in [-0.15, -0.1) is 0 Å². The molecule has 0 aliphatic rings.